The number of fused-ring (bicyclic) bond motifs is 1. The van der Waals surface area contributed by atoms with Gasteiger partial charge in [0, 0.05) is 37.6 Å². The molecule has 0 aliphatic heterocycles. The Morgan fingerprint density at radius 2 is 1.50 bits per heavy atom. The van der Waals surface area contributed by atoms with Crippen LogP contribution in [0.25, 0.3) is 10.8 Å². The van der Waals surface area contributed by atoms with E-state index in [1.807, 2.05) is 77.3 Å². The minimum absolute atomic E-state index is 0.0188. The minimum atomic E-state index is -0.0961. The van der Waals surface area contributed by atoms with Crippen molar-refractivity contribution < 1.29 is 9.59 Å². The molecule has 0 bridgehead atoms. The molecule has 2 aromatic carbocycles. The highest BCUT2D eigenvalue weighted by atomic mass is 16.2. The molecule has 3 rings (SSSR count). The standard InChI is InChI=1S/C27H35N3O2/c1-20(2)16-29(18-25-11-8-14-28(25)5)26(31)19-30(17-21(3)4)27(32)24-13-12-22-9-6-7-10-23(22)15-24/h6-15,20-21H,16-19H2,1-5H3. The van der Waals surface area contributed by atoms with E-state index in [9.17, 15) is 9.59 Å². The first-order valence-corrected chi connectivity index (χ1v) is 11.4. The summed E-state index contributed by atoms with van der Waals surface area (Å²) in [7, 11) is 1.99. The van der Waals surface area contributed by atoms with Crippen LogP contribution in [0.2, 0.25) is 0 Å². The van der Waals surface area contributed by atoms with Crippen molar-refractivity contribution in [3.63, 3.8) is 0 Å². The summed E-state index contributed by atoms with van der Waals surface area (Å²) in [6.45, 7) is 10.2. The van der Waals surface area contributed by atoms with Crippen molar-refractivity contribution in [2.75, 3.05) is 19.6 Å². The van der Waals surface area contributed by atoms with Crippen molar-refractivity contribution in [2.45, 2.75) is 34.2 Å². The lowest BCUT2D eigenvalue weighted by molar-refractivity contribution is -0.133. The van der Waals surface area contributed by atoms with E-state index in [1.54, 1.807) is 4.90 Å². The van der Waals surface area contributed by atoms with E-state index in [0.29, 0.717) is 31.1 Å². The van der Waals surface area contributed by atoms with Crippen molar-refractivity contribution >= 4 is 22.6 Å². The Labute approximate surface area is 191 Å². The largest absolute Gasteiger partial charge is 0.353 e. The molecule has 0 atom stereocenters. The quantitative estimate of drug-likeness (QED) is 0.479. The first-order valence-electron chi connectivity index (χ1n) is 11.4. The molecule has 0 saturated carbocycles. The third-order valence-corrected chi connectivity index (χ3v) is 5.54. The van der Waals surface area contributed by atoms with Crippen molar-refractivity contribution in [3.8, 4) is 0 Å². The van der Waals surface area contributed by atoms with E-state index in [1.165, 1.54) is 0 Å². The molecule has 0 aliphatic carbocycles. The van der Waals surface area contributed by atoms with E-state index in [2.05, 4.69) is 27.7 Å². The van der Waals surface area contributed by atoms with Gasteiger partial charge in [-0.25, -0.2) is 0 Å². The van der Waals surface area contributed by atoms with Gasteiger partial charge in [-0.2, -0.15) is 0 Å². The van der Waals surface area contributed by atoms with Gasteiger partial charge in [0.05, 0.1) is 6.54 Å². The van der Waals surface area contributed by atoms with Crippen LogP contribution in [0.5, 0.6) is 0 Å². The van der Waals surface area contributed by atoms with Crippen LogP contribution in [0.3, 0.4) is 0 Å². The van der Waals surface area contributed by atoms with Gasteiger partial charge in [-0.1, -0.05) is 58.0 Å². The zero-order chi connectivity index (χ0) is 23.3. The lowest BCUT2D eigenvalue weighted by Gasteiger charge is -2.30. The van der Waals surface area contributed by atoms with Crippen molar-refractivity contribution in [2.24, 2.45) is 18.9 Å². The molecule has 0 saturated heterocycles. The Morgan fingerprint density at radius 3 is 2.12 bits per heavy atom. The monoisotopic (exact) mass is 433 g/mol. The Bertz CT molecular complexity index is 1070. The van der Waals surface area contributed by atoms with E-state index in [-0.39, 0.29) is 24.3 Å². The number of carbonyl (C=O) groups is 2. The van der Waals surface area contributed by atoms with E-state index in [0.717, 1.165) is 16.5 Å². The number of amides is 2. The van der Waals surface area contributed by atoms with Crippen LogP contribution in [0, 0.1) is 11.8 Å². The second-order valence-corrected chi connectivity index (χ2v) is 9.42. The fourth-order valence-corrected chi connectivity index (χ4v) is 3.98. The SMILES string of the molecule is CC(C)CN(Cc1cccn1C)C(=O)CN(CC(C)C)C(=O)c1ccc2ccccc2c1. The number of aryl methyl sites for hydroxylation is 1. The van der Waals surface area contributed by atoms with Gasteiger partial charge in [0.25, 0.3) is 5.91 Å². The van der Waals surface area contributed by atoms with Gasteiger partial charge in [0.1, 0.15) is 6.54 Å². The summed E-state index contributed by atoms with van der Waals surface area (Å²) in [5.41, 5.74) is 1.70. The van der Waals surface area contributed by atoms with Crippen LogP contribution < -0.4 is 0 Å². The van der Waals surface area contributed by atoms with Gasteiger partial charge >= 0.3 is 0 Å². The summed E-state index contributed by atoms with van der Waals surface area (Å²) in [5.74, 6) is 0.489. The summed E-state index contributed by atoms with van der Waals surface area (Å²) in [4.78, 5) is 30.4. The maximum absolute atomic E-state index is 13.4. The Kier molecular flexibility index (Phi) is 7.73. The highest BCUT2D eigenvalue weighted by Gasteiger charge is 2.24. The molecule has 170 valence electrons. The summed E-state index contributed by atoms with van der Waals surface area (Å²) in [6, 6.07) is 17.8. The van der Waals surface area contributed by atoms with Crippen molar-refractivity contribution in [3.05, 3.63) is 72.1 Å². The Hall–Kier alpha value is -3.08. The first kappa shape index (κ1) is 23.6. The molecule has 0 radical (unpaired) electrons. The van der Waals surface area contributed by atoms with Gasteiger partial charge < -0.3 is 14.4 Å². The minimum Gasteiger partial charge on any atom is -0.353 e. The highest BCUT2D eigenvalue weighted by molar-refractivity contribution is 6.00. The predicted molar refractivity (Wildman–Crippen MR) is 130 cm³/mol. The smallest absolute Gasteiger partial charge is 0.254 e. The summed E-state index contributed by atoms with van der Waals surface area (Å²) in [6.07, 6.45) is 1.99. The lowest BCUT2D eigenvalue weighted by atomic mass is 10.1. The highest BCUT2D eigenvalue weighted by Crippen LogP contribution is 2.18. The topological polar surface area (TPSA) is 45.6 Å². The first-order chi connectivity index (χ1) is 15.2. The number of aromatic nitrogens is 1. The van der Waals surface area contributed by atoms with Gasteiger partial charge in [0.2, 0.25) is 5.91 Å². The number of hydrogen-bond donors (Lipinski definition) is 0. The molecule has 1 aromatic heterocycles. The summed E-state index contributed by atoms with van der Waals surface area (Å²) < 4.78 is 2.03. The number of hydrogen-bond acceptors (Lipinski definition) is 2. The Balaban J connectivity index is 1.82. The van der Waals surface area contributed by atoms with Crippen LogP contribution in [0.4, 0.5) is 0 Å². The van der Waals surface area contributed by atoms with Crippen molar-refractivity contribution in [1.82, 2.24) is 14.4 Å². The van der Waals surface area contributed by atoms with Gasteiger partial charge in [-0.15, -0.1) is 0 Å². The molecule has 5 nitrogen and oxygen atoms in total. The number of carbonyl (C=O) groups excluding carboxylic acids is 2. The molecule has 0 unspecified atom stereocenters. The molecule has 1 heterocycles. The maximum Gasteiger partial charge on any atom is 0.254 e. The zero-order valence-electron chi connectivity index (χ0n) is 19.9. The fourth-order valence-electron chi connectivity index (χ4n) is 3.98. The molecule has 32 heavy (non-hydrogen) atoms. The van der Waals surface area contributed by atoms with E-state index < -0.39 is 0 Å². The summed E-state index contributed by atoms with van der Waals surface area (Å²) >= 11 is 0. The predicted octanol–water partition coefficient (Wildman–Crippen LogP) is 4.96. The fraction of sp³-hybridized carbons (Fsp3) is 0.407. The van der Waals surface area contributed by atoms with Gasteiger partial charge in [-0.3, -0.25) is 9.59 Å². The van der Waals surface area contributed by atoms with Gasteiger partial charge in [-0.05, 0) is 46.9 Å². The zero-order valence-corrected chi connectivity index (χ0v) is 19.9. The molecule has 5 heteroatoms. The average molecular weight is 434 g/mol. The number of rotatable bonds is 9. The van der Waals surface area contributed by atoms with Crippen LogP contribution in [-0.4, -0.2) is 45.8 Å². The molecule has 2 amide bonds. The second kappa shape index (κ2) is 10.5. The molecule has 0 spiro atoms. The number of benzene rings is 2. The molecular weight excluding hydrogens is 398 g/mol. The molecule has 0 fully saturated rings. The van der Waals surface area contributed by atoms with Gasteiger partial charge in [0.15, 0.2) is 0 Å². The van der Waals surface area contributed by atoms with E-state index >= 15 is 0 Å². The third kappa shape index (κ3) is 6.00. The maximum atomic E-state index is 13.4. The molecular formula is C27H35N3O2. The number of nitrogens with zero attached hydrogens (tertiary/aromatic N) is 3. The normalized spacial score (nSPS) is 11.3. The van der Waals surface area contributed by atoms with Crippen molar-refractivity contribution in [1.29, 1.82) is 0 Å². The van der Waals surface area contributed by atoms with Crippen LogP contribution in [-0.2, 0) is 18.4 Å². The Morgan fingerprint density at radius 1 is 0.844 bits per heavy atom. The summed E-state index contributed by atoms with van der Waals surface area (Å²) in [5, 5.41) is 2.13. The lowest BCUT2D eigenvalue weighted by Crippen LogP contribution is -2.45. The van der Waals surface area contributed by atoms with Crippen LogP contribution in [0.15, 0.2) is 60.8 Å². The second-order valence-electron chi connectivity index (χ2n) is 9.42. The third-order valence-electron chi connectivity index (χ3n) is 5.54. The van der Waals surface area contributed by atoms with Crippen LogP contribution >= 0.6 is 0 Å². The molecule has 0 aliphatic rings. The molecule has 0 N–H and O–H groups in total. The average Bonchev–Trinajstić information content (AvgIpc) is 3.15. The molecule has 3 aromatic rings. The van der Waals surface area contributed by atoms with E-state index in [4.69, 9.17) is 0 Å². The van der Waals surface area contributed by atoms with Crippen LogP contribution in [0.1, 0.15) is 43.7 Å².